The van der Waals surface area contributed by atoms with Crippen LogP contribution in [0.2, 0.25) is 0 Å². The number of rotatable bonds is 7. The molecule has 1 aromatic carbocycles. The molecule has 1 N–H and O–H groups in total. The maximum Gasteiger partial charge on any atom is 0.341 e. The third-order valence-corrected chi connectivity index (χ3v) is 10.2. The van der Waals surface area contributed by atoms with Gasteiger partial charge in [-0.3, -0.25) is 9.69 Å². The van der Waals surface area contributed by atoms with Gasteiger partial charge in [0.1, 0.15) is 5.00 Å². The predicted molar refractivity (Wildman–Crippen MR) is 146 cm³/mol. The van der Waals surface area contributed by atoms with Gasteiger partial charge in [-0.1, -0.05) is 13.0 Å². The number of hydrogen-bond acceptors (Lipinski definition) is 7. The van der Waals surface area contributed by atoms with Gasteiger partial charge in [0.05, 0.1) is 23.1 Å². The number of piperazine rings is 1. The fourth-order valence-corrected chi connectivity index (χ4v) is 7.77. The third kappa shape index (κ3) is 6.25. The number of carbonyl (C=O) groups excluding carboxylic acids is 2. The number of sulfonamides is 1. The van der Waals surface area contributed by atoms with Crippen LogP contribution < -0.4 is 5.32 Å². The van der Waals surface area contributed by atoms with Gasteiger partial charge in [-0.25, -0.2) is 13.2 Å². The second-order valence-electron chi connectivity index (χ2n) is 10.5. The number of anilines is 1. The highest BCUT2D eigenvalue weighted by Gasteiger charge is 2.32. The Hall–Kier alpha value is -2.27. The van der Waals surface area contributed by atoms with Crippen molar-refractivity contribution in [1.82, 2.24) is 9.21 Å². The average molecular weight is 548 g/mol. The minimum absolute atomic E-state index is 0.134. The molecule has 8 nitrogen and oxygen atoms in total. The number of thiophene rings is 1. The molecule has 2 heterocycles. The summed E-state index contributed by atoms with van der Waals surface area (Å²) in [5, 5.41) is 3.53. The highest BCUT2D eigenvalue weighted by atomic mass is 32.2. The summed E-state index contributed by atoms with van der Waals surface area (Å²) in [4.78, 5) is 29.3. The highest BCUT2D eigenvalue weighted by molar-refractivity contribution is 7.89. The first kappa shape index (κ1) is 27.8. The van der Waals surface area contributed by atoms with Gasteiger partial charge in [0.15, 0.2) is 0 Å². The van der Waals surface area contributed by atoms with Crippen molar-refractivity contribution in [2.24, 2.45) is 5.92 Å². The number of fused-ring (bicyclic) bond motifs is 1. The molecule has 0 bridgehead atoms. The van der Waals surface area contributed by atoms with Crippen molar-refractivity contribution in [3.63, 3.8) is 0 Å². The lowest BCUT2D eigenvalue weighted by Gasteiger charge is -2.33. The Kier molecular flexibility index (Phi) is 8.42. The molecule has 1 fully saturated rings. The lowest BCUT2D eigenvalue weighted by molar-refractivity contribution is -0.117. The Morgan fingerprint density at radius 3 is 2.49 bits per heavy atom. The van der Waals surface area contributed by atoms with Gasteiger partial charge in [-0.2, -0.15) is 4.31 Å². The molecule has 10 heteroatoms. The van der Waals surface area contributed by atoms with E-state index in [0.717, 1.165) is 40.8 Å². The largest absolute Gasteiger partial charge is 0.459 e. The molecule has 2 aliphatic rings. The molecular formula is C27H37N3O5S2. The Bertz CT molecular complexity index is 1280. The molecule has 1 atom stereocenters. The number of benzene rings is 1. The van der Waals surface area contributed by atoms with Gasteiger partial charge in [-0.15, -0.1) is 11.3 Å². The first-order valence-electron chi connectivity index (χ1n) is 12.9. The maximum absolute atomic E-state index is 13.1. The Morgan fingerprint density at radius 2 is 1.84 bits per heavy atom. The Morgan fingerprint density at radius 1 is 1.14 bits per heavy atom. The molecule has 2 aromatic rings. The minimum atomic E-state index is -3.58. The van der Waals surface area contributed by atoms with Crippen LogP contribution in [0, 0.1) is 19.8 Å². The SMILES string of the molecule is Cc1ccc(S(=O)(=O)N2CCN(CC(=O)Nc3sc4c(c3C(=O)OC(C)C)CCC(C)C4)CC2)cc1C. The molecule has 202 valence electrons. The summed E-state index contributed by atoms with van der Waals surface area (Å²) in [6, 6.07) is 5.20. The van der Waals surface area contributed by atoms with Crippen molar-refractivity contribution in [2.75, 3.05) is 38.0 Å². The van der Waals surface area contributed by atoms with E-state index in [9.17, 15) is 18.0 Å². The summed E-state index contributed by atoms with van der Waals surface area (Å²) in [6.07, 6.45) is 2.47. The van der Waals surface area contributed by atoms with E-state index in [1.807, 2.05) is 38.7 Å². The van der Waals surface area contributed by atoms with E-state index in [4.69, 9.17) is 4.74 Å². The number of carbonyl (C=O) groups is 2. The van der Waals surface area contributed by atoms with Crippen molar-refractivity contribution in [1.29, 1.82) is 0 Å². The van der Waals surface area contributed by atoms with E-state index in [0.29, 0.717) is 47.6 Å². The average Bonchev–Trinajstić information content (AvgIpc) is 3.17. The van der Waals surface area contributed by atoms with Crippen LogP contribution in [0.1, 0.15) is 59.1 Å². The van der Waals surface area contributed by atoms with E-state index in [-0.39, 0.29) is 24.5 Å². The molecule has 0 radical (unpaired) electrons. The number of nitrogens with one attached hydrogen (secondary N) is 1. The minimum Gasteiger partial charge on any atom is -0.459 e. The molecule has 1 aromatic heterocycles. The number of esters is 1. The van der Waals surface area contributed by atoms with Gasteiger partial charge in [-0.05, 0) is 81.7 Å². The fraction of sp³-hybridized carbons (Fsp3) is 0.556. The lowest BCUT2D eigenvalue weighted by atomic mass is 9.88. The smallest absolute Gasteiger partial charge is 0.341 e. The molecule has 1 saturated heterocycles. The second kappa shape index (κ2) is 11.2. The van der Waals surface area contributed by atoms with Crippen LogP contribution in [0.5, 0.6) is 0 Å². The van der Waals surface area contributed by atoms with Crippen molar-refractivity contribution in [3.05, 3.63) is 45.3 Å². The Labute approximate surface area is 224 Å². The first-order chi connectivity index (χ1) is 17.5. The first-order valence-corrected chi connectivity index (χ1v) is 15.2. The zero-order valence-electron chi connectivity index (χ0n) is 22.3. The third-order valence-electron chi connectivity index (χ3n) is 7.13. The van der Waals surface area contributed by atoms with Gasteiger partial charge in [0.25, 0.3) is 0 Å². The number of ether oxygens (including phenoxy) is 1. The predicted octanol–water partition coefficient (Wildman–Crippen LogP) is 4.00. The normalized spacial score (nSPS) is 19.0. The zero-order valence-corrected chi connectivity index (χ0v) is 23.9. The van der Waals surface area contributed by atoms with Gasteiger partial charge >= 0.3 is 5.97 Å². The van der Waals surface area contributed by atoms with Crippen molar-refractivity contribution in [2.45, 2.75) is 64.9 Å². The number of amides is 1. The summed E-state index contributed by atoms with van der Waals surface area (Å²) >= 11 is 1.48. The van der Waals surface area contributed by atoms with Crippen LogP contribution in [0.15, 0.2) is 23.1 Å². The van der Waals surface area contributed by atoms with Crippen LogP contribution in [-0.2, 0) is 32.4 Å². The van der Waals surface area contributed by atoms with Crippen molar-refractivity contribution in [3.8, 4) is 0 Å². The van der Waals surface area contributed by atoms with Gasteiger partial charge in [0.2, 0.25) is 15.9 Å². The maximum atomic E-state index is 13.1. The summed E-state index contributed by atoms with van der Waals surface area (Å²) in [5.74, 6) is -0.0571. The van der Waals surface area contributed by atoms with E-state index < -0.39 is 10.0 Å². The van der Waals surface area contributed by atoms with Crippen LogP contribution in [-0.4, -0.2) is 68.3 Å². The summed E-state index contributed by atoms with van der Waals surface area (Å²) in [6.45, 7) is 11.4. The fourth-order valence-electron chi connectivity index (χ4n) is 4.85. The molecule has 1 unspecified atom stereocenters. The number of aryl methyl sites for hydroxylation is 2. The Balaban J connectivity index is 1.40. The van der Waals surface area contributed by atoms with Crippen LogP contribution in [0.25, 0.3) is 0 Å². The molecule has 0 saturated carbocycles. The van der Waals surface area contributed by atoms with Crippen LogP contribution in [0.3, 0.4) is 0 Å². The standard InChI is InChI=1S/C27H37N3O5S2/c1-17(2)35-27(32)25-22-9-6-18(3)14-23(22)36-26(25)28-24(31)16-29-10-12-30(13-11-29)37(33,34)21-8-7-19(4)20(5)15-21/h7-8,15,17-18H,6,9-14,16H2,1-5H3,(H,28,31). The zero-order chi connectivity index (χ0) is 26.9. The molecule has 1 amide bonds. The number of hydrogen-bond donors (Lipinski definition) is 1. The van der Waals surface area contributed by atoms with Crippen LogP contribution >= 0.6 is 11.3 Å². The highest BCUT2D eigenvalue weighted by Crippen LogP contribution is 2.40. The van der Waals surface area contributed by atoms with E-state index in [1.54, 1.807) is 12.1 Å². The summed E-state index contributed by atoms with van der Waals surface area (Å²) in [5.41, 5.74) is 3.50. The van der Waals surface area contributed by atoms with Gasteiger partial charge in [0, 0.05) is 31.1 Å². The monoisotopic (exact) mass is 547 g/mol. The van der Waals surface area contributed by atoms with E-state index in [2.05, 4.69) is 12.2 Å². The molecule has 1 aliphatic carbocycles. The molecule has 1 aliphatic heterocycles. The van der Waals surface area contributed by atoms with E-state index in [1.165, 1.54) is 15.6 Å². The summed E-state index contributed by atoms with van der Waals surface area (Å²) < 4.78 is 33.2. The lowest BCUT2D eigenvalue weighted by Crippen LogP contribution is -2.50. The van der Waals surface area contributed by atoms with E-state index >= 15 is 0 Å². The quantitative estimate of drug-likeness (QED) is 0.527. The molecular weight excluding hydrogens is 510 g/mol. The van der Waals surface area contributed by atoms with Crippen molar-refractivity contribution < 1.29 is 22.7 Å². The second-order valence-corrected chi connectivity index (χ2v) is 13.5. The summed E-state index contributed by atoms with van der Waals surface area (Å²) in [7, 11) is -3.58. The number of nitrogens with zero attached hydrogens (tertiary/aromatic N) is 2. The molecule has 4 rings (SSSR count). The molecule has 37 heavy (non-hydrogen) atoms. The van der Waals surface area contributed by atoms with Crippen molar-refractivity contribution >= 4 is 38.2 Å². The van der Waals surface area contributed by atoms with Gasteiger partial charge < -0.3 is 10.1 Å². The molecule has 0 spiro atoms. The van der Waals surface area contributed by atoms with Crippen LogP contribution in [0.4, 0.5) is 5.00 Å². The topological polar surface area (TPSA) is 96.0 Å².